The molecule has 2 heterocycles. The fraction of sp³-hybridized carbons (Fsp3) is 0.421. The van der Waals surface area contributed by atoms with E-state index in [0.717, 1.165) is 37.3 Å². The smallest absolute Gasteiger partial charge is 0.253 e. The number of amides is 1. The second kappa shape index (κ2) is 7.09. The molecule has 0 saturated carbocycles. The normalized spacial score (nSPS) is 15.5. The Bertz CT molecular complexity index is 685. The molecule has 2 aromatic rings. The largest absolute Gasteiger partial charge is 0.393 e. The number of aryl methyl sites for hydroxylation is 1. The summed E-state index contributed by atoms with van der Waals surface area (Å²) in [4.78, 5) is 16.6. The number of anilines is 1. The van der Waals surface area contributed by atoms with Gasteiger partial charge in [0.25, 0.3) is 5.91 Å². The molecule has 128 valence electrons. The fourth-order valence-electron chi connectivity index (χ4n) is 3.13. The number of nitrogens with zero attached hydrogens (tertiary/aromatic N) is 3. The number of aromatic nitrogens is 1. The Morgan fingerprint density at radius 2 is 1.88 bits per heavy atom. The number of benzene rings is 1. The summed E-state index contributed by atoms with van der Waals surface area (Å²) in [5, 5.41) is 9.60. The summed E-state index contributed by atoms with van der Waals surface area (Å²) in [6, 6.07) is 11.8. The lowest BCUT2D eigenvalue weighted by atomic mass is 10.1. The van der Waals surface area contributed by atoms with Gasteiger partial charge in [0.05, 0.1) is 12.6 Å². The van der Waals surface area contributed by atoms with Gasteiger partial charge in [-0.1, -0.05) is 0 Å². The van der Waals surface area contributed by atoms with Crippen molar-refractivity contribution in [2.45, 2.75) is 25.5 Å². The van der Waals surface area contributed by atoms with E-state index in [2.05, 4.69) is 4.90 Å². The molecule has 0 unspecified atom stereocenters. The minimum atomic E-state index is -0.173. The van der Waals surface area contributed by atoms with Crippen LogP contribution in [0.4, 0.5) is 5.69 Å². The lowest BCUT2D eigenvalue weighted by Gasteiger charge is -2.31. The van der Waals surface area contributed by atoms with Crippen LogP contribution >= 0.6 is 0 Å². The first-order chi connectivity index (χ1) is 11.5. The first-order valence-corrected chi connectivity index (χ1v) is 8.43. The van der Waals surface area contributed by atoms with E-state index in [9.17, 15) is 9.90 Å². The number of aliphatic hydroxyl groups excluding tert-OH is 1. The highest BCUT2D eigenvalue weighted by Crippen LogP contribution is 2.21. The summed E-state index contributed by atoms with van der Waals surface area (Å²) in [6.45, 7) is 2.32. The summed E-state index contributed by atoms with van der Waals surface area (Å²) in [5.74, 6) is 0.0248. The van der Waals surface area contributed by atoms with Crippen LogP contribution in [-0.2, 0) is 13.6 Å². The van der Waals surface area contributed by atoms with Gasteiger partial charge in [0.2, 0.25) is 0 Å². The molecule has 1 N–H and O–H groups in total. The van der Waals surface area contributed by atoms with Crippen LogP contribution < -0.4 is 4.90 Å². The quantitative estimate of drug-likeness (QED) is 0.937. The van der Waals surface area contributed by atoms with Gasteiger partial charge in [0.15, 0.2) is 0 Å². The molecule has 0 atom stereocenters. The van der Waals surface area contributed by atoms with Crippen molar-refractivity contribution < 1.29 is 9.90 Å². The fourth-order valence-corrected chi connectivity index (χ4v) is 3.13. The Kier molecular flexibility index (Phi) is 4.90. The third-order valence-corrected chi connectivity index (χ3v) is 4.74. The number of aliphatic hydroxyl groups is 1. The summed E-state index contributed by atoms with van der Waals surface area (Å²) < 4.78 is 2.03. The maximum absolute atomic E-state index is 12.6. The highest BCUT2D eigenvalue weighted by Gasteiger charge is 2.18. The average Bonchev–Trinajstić information content (AvgIpc) is 3.00. The van der Waals surface area contributed by atoms with Gasteiger partial charge in [0, 0.05) is 50.3 Å². The van der Waals surface area contributed by atoms with E-state index < -0.39 is 0 Å². The van der Waals surface area contributed by atoms with Crippen LogP contribution in [0.25, 0.3) is 0 Å². The van der Waals surface area contributed by atoms with E-state index in [4.69, 9.17) is 0 Å². The number of carbonyl (C=O) groups is 1. The van der Waals surface area contributed by atoms with Crippen LogP contribution in [0.2, 0.25) is 0 Å². The number of hydrogen-bond acceptors (Lipinski definition) is 3. The van der Waals surface area contributed by atoms with Gasteiger partial charge in [-0.3, -0.25) is 4.79 Å². The zero-order valence-corrected chi connectivity index (χ0v) is 14.4. The van der Waals surface area contributed by atoms with Gasteiger partial charge >= 0.3 is 0 Å². The van der Waals surface area contributed by atoms with Crippen LogP contribution in [0.5, 0.6) is 0 Å². The van der Waals surface area contributed by atoms with E-state index in [1.54, 1.807) is 4.90 Å². The van der Waals surface area contributed by atoms with E-state index in [-0.39, 0.29) is 12.0 Å². The van der Waals surface area contributed by atoms with E-state index >= 15 is 0 Å². The van der Waals surface area contributed by atoms with Crippen molar-refractivity contribution in [1.82, 2.24) is 9.47 Å². The Morgan fingerprint density at radius 3 is 2.46 bits per heavy atom. The van der Waals surface area contributed by atoms with Crippen LogP contribution in [-0.4, -0.2) is 46.7 Å². The molecular weight excluding hydrogens is 302 g/mol. The SMILES string of the molecule is CN(Cc1cccn1C)C(=O)c1ccc(N2CCC(O)CC2)cc1. The van der Waals surface area contributed by atoms with Gasteiger partial charge in [-0.15, -0.1) is 0 Å². The number of hydrogen-bond donors (Lipinski definition) is 1. The molecular formula is C19H25N3O2. The van der Waals surface area contributed by atoms with Crippen LogP contribution in [0, 0.1) is 0 Å². The molecule has 1 saturated heterocycles. The van der Waals surface area contributed by atoms with Crippen molar-refractivity contribution in [3.63, 3.8) is 0 Å². The van der Waals surface area contributed by atoms with Gasteiger partial charge < -0.3 is 19.5 Å². The first kappa shape index (κ1) is 16.6. The van der Waals surface area contributed by atoms with E-state index in [1.165, 1.54) is 0 Å². The van der Waals surface area contributed by atoms with Crippen LogP contribution in [0.3, 0.4) is 0 Å². The second-order valence-corrected chi connectivity index (χ2v) is 6.54. The first-order valence-electron chi connectivity index (χ1n) is 8.43. The predicted octanol–water partition coefficient (Wildman–Crippen LogP) is 2.26. The molecule has 0 aliphatic carbocycles. The van der Waals surface area contributed by atoms with Crippen molar-refractivity contribution in [3.05, 3.63) is 53.9 Å². The van der Waals surface area contributed by atoms with Crippen molar-refractivity contribution in [2.24, 2.45) is 7.05 Å². The third kappa shape index (κ3) is 3.62. The highest BCUT2D eigenvalue weighted by atomic mass is 16.3. The van der Waals surface area contributed by atoms with E-state index in [0.29, 0.717) is 12.1 Å². The second-order valence-electron chi connectivity index (χ2n) is 6.54. The van der Waals surface area contributed by atoms with Crippen LogP contribution in [0.15, 0.2) is 42.6 Å². The van der Waals surface area contributed by atoms with Crippen LogP contribution in [0.1, 0.15) is 28.9 Å². The Balaban J connectivity index is 1.64. The van der Waals surface area contributed by atoms with E-state index in [1.807, 2.05) is 61.3 Å². The number of rotatable bonds is 4. The monoisotopic (exact) mass is 327 g/mol. The molecule has 1 aromatic carbocycles. The molecule has 24 heavy (non-hydrogen) atoms. The molecule has 1 amide bonds. The molecule has 1 aliphatic rings. The van der Waals surface area contributed by atoms with Gasteiger partial charge in [-0.25, -0.2) is 0 Å². The number of carbonyl (C=O) groups excluding carboxylic acids is 1. The molecule has 0 radical (unpaired) electrons. The van der Waals surface area contributed by atoms with Crippen molar-refractivity contribution in [2.75, 3.05) is 25.0 Å². The zero-order chi connectivity index (χ0) is 17.1. The van der Waals surface area contributed by atoms with Gasteiger partial charge in [-0.05, 0) is 49.2 Å². The van der Waals surface area contributed by atoms with Crippen molar-refractivity contribution >= 4 is 11.6 Å². The predicted molar refractivity (Wildman–Crippen MR) is 95.1 cm³/mol. The topological polar surface area (TPSA) is 48.7 Å². The lowest BCUT2D eigenvalue weighted by Crippen LogP contribution is -2.35. The highest BCUT2D eigenvalue weighted by molar-refractivity contribution is 5.94. The third-order valence-electron chi connectivity index (χ3n) is 4.74. The molecule has 1 aromatic heterocycles. The van der Waals surface area contributed by atoms with Gasteiger partial charge in [0.1, 0.15) is 0 Å². The molecule has 1 fully saturated rings. The zero-order valence-electron chi connectivity index (χ0n) is 14.4. The maximum Gasteiger partial charge on any atom is 0.253 e. The molecule has 5 nitrogen and oxygen atoms in total. The standard InChI is InChI=1S/C19H25N3O2/c1-20-11-3-4-17(20)14-21(2)19(24)15-5-7-16(8-6-15)22-12-9-18(23)10-13-22/h3-8,11,18,23H,9-10,12-14H2,1-2H3. The Hall–Kier alpha value is -2.27. The minimum absolute atomic E-state index is 0.0248. The summed E-state index contributed by atoms with van der Waals surface area (Å²) >= 11 is 0. The Morgan fingerprint density at radius 1 is 1.21 bits per heavy atom. The minimum Gasteiger partial charge on any atom is -0.393 e. The molecule has 5 heteroatoms. The average molecular weight is 327 g/mol. The lowest BCUT2D eigenvalue weighted by molar-refractivity contribution is 0.0782. The summed E-state index contributed by atoms with van der Waals surface area (Å²) in [6.07, 6.45) is 3.42. The van der Waals surface area contributed by atoms with Crippen molar-refractivity contribution in [3.8, 4) is 0 Å². The molecule has 0 spiro atoms. The number of piperidine rings is 1. The van der Waals surface area contributed by atoms with Gasteiger partial charge in [-0.2, -0.15) is 0 Å². The summed E-state index contributed by atoms with van der Waals surface area (Å²) in [7, 11) is 3.81. The molecule has 1 aliphatic heterocycles. The Labute approximate surface area is 143 Å². The maximum atomic E-state index is 12.6. The molecule has 3 rings (SSSR count). The van der Waals surface area contributed by atoms with Crippen molar-refractivity contribution in [1.29, 1.82) is 0 Å². The molecule has 0 bridgehead atoms. The summed E-state index contributed by atoms with van der Waals surface area (Å²) in [5.41, 5.74) is 2.92.